The van der Waals surface area contributed by atoms with E-state index in [0.717, 1.165) is 5.56 Å². The van der Waals surface area contributed by atoms with E-state index in [9.17, 15) is 14.7 Å². The van der Waals surface area contributed by atoms with Crippen molar-refractivity contribution in [3.8, 4) is 17.1 Å². The maximum Gasteiger partial charge on any atom is 0.323 e. The monoisotopic (exact) mass is 510 g/mol. The smallest absolute Gasteiger partial charge is 0.323 e. The molecule has 5 aromatic rings. The third-order valence-corrected chi connectivity index (χ3v) is 5.98. The number of carbonyl (C=O) groups excluding carboxylic acids is 1. The van der Waals surface area contributed by atoms with Crippen molar-refractivity contribution in [2.75, 3.05) is 29.6 Å². The number of ether oxygens (including phenoxy) is 1. The number of carbonyl (C=O) groups is 1. The summed E-state index contributed by atoms with van der Waals surface area (Å²) in [5, 5.41) is 19.3. The maximum atomic E-state index is 12.8. The lowest BCUT2D eigenvalue weighted by Crippen LogP contribution is -2.19. The molecule has 0 aliphatic rings. The van der Waals surface area contributed by atoms with Crippen LogP contribution in [0.5, 0.6) is 5.75 Å². The molecular formula is C28H26N6O4. The van der Waals surface area contributed by atoms with Crippen LogP contribution in [0.2, 0.25) is 0 Å². The van der Waals surface area contributed by atoms with Gasteiger partial charge >= 0.3 is 6.03 Å². The molecule has 0 radical (unpaired) electrons. The number of pyridine rings is 1. The third kappa shape index (κ3) is 5.35. The molecule has 2 aromatic heterocycles. The molecule has 1 atom stereocenters. The molecule has 0 aliphatic heterocycles. The van der Waals surface area contributed by atoms with Gasteiger partial charge in [0.2, 0.25) is 0 Å². The Balaban J connectivity index is 1.38. The highest BCUT2D eigenvalue weighted by atomic mass is 16.5. The van der Waals surface area contributed by atoms with Crippen LogP contribution in [0.1, 0.15) is 11.7 Å². The maximum absolute atomic E-state index is 12.8. The average molecular weight is 511 g/mol. The molecule has 5 rings (SSSR count). The van der Waals surface area contributed by atoms with E-state index in [0.29, 0.717) is 39.7 Å². The number of amides is 2. The predicted molar refractivity (Wildman–Crippen MR) is 148 cm³/mol. The van der Waals surface area contributed by atoms with Crippen LogP contribution < -0.4 is 26.2 Å². The van der Waals surface area contributed by atoms with Gasteiger partial charge < -0.3 is 35.8 Å². The fourth-order valence-corrected chi connectivity index (χ4v) is 4.07. The lowest BCUT2D eigenvalue weighted by molar-refractivity contribution is 0.191. The van der Waals surface area contributed by atoms with Crippen LogP contribution in [0.4, 0.5) is 21.9 Å². The first-order valence-corrected chi connectivity index (χ1v) is 11.9. The van der Waals surface area contributed by atoms with Gasteiger partial charge in [0.1, 0.15) is 17.1 Å². The first kappa shape index (κ1) is 24.6. The zero-order valence-corrected chi connectivity index (χ0v) is 20.5. The number of hydrogen-bond acceptors (Lipinski definition) is 6. The third-order valence-electron chi connectivity index (χ3n) is 5.98. The summed E-state index contributed by atoms with van der Waals surface area (Å²) in [6.45, 7) is 0.193. The Morgan fingerprint density at radius 3 is 2.53 bits per heavy atom. The van der Waals surface area contributed by atoms with Crippen LogP contribution in [0.3, 0.4) is 0 Å². The van der Waals surface area contributed by atoms with E-state index in [-0.39, 0.29) is 17.7 Å². The molecule has 0 saturated carbocycles. The zero-order chi connectivity index (χ0) is 26.5. The van der Waals surface area contributed by atoms with Gasteiger partial charge in [0.05, 0.1) is 35.6 Å². The number of urea groups is 1. The number of aromatic nitrogens is 3. The number of methoxy groups -OCH3 is 1. The summed E-state index contributed by atoms with van der Waals surface area (Å²) < 4.78 is 5.14. The summed E-state index contributed by atoms with van der Waals surface area (Å²) in [6, 6.07) is 22.8. The molecule has 10 heteroatoms. The van der Waals surface area contributed by atoms with Gasteiger partial charge in [-0.25, -0.2) is 9.78 Å². The van der Waals surface area contributed by atoms with Crippen LogP contribution in [0.15, 0.2) is 89.9 Å². The van der Waals surface area contributed by atoms with Crippen LogP contribution in [-0.4, -0.2) is 39.7 Å². The van der Waals surface area contributed by atoms with E-state index in [4.69, 9.17) is 4.74 Å². The number of fused-ring (bicyclic) bond motifs is 1. The van der Waals surface area contributed by atoms with Gasteiger partial charge in [-0.2, -0.15) is 0 Å². The number of aliphatic hydroxyl groups excluding tert-OH is 1. The Morgan fingerprint density at radius 2 is 1.76 bits per heavy atom. The summed E-state index contributed by atoms with van der Waals surface area (Å²) in [5.74, 6) is 1.01. The van der Waals surface area contributed by atoms with Crippen molar-refractivity contribution in [1.82, 2.24) is 15.0 Å². The minimum absolute atomic E-state index is 0.193. The molecule has 0 aliphatic carbocycles. The van der Waals surface area contributed by atoms with Gasteiger partial charge in [-0.15, -0.1) is 0 Å². The second-order valence-corrected chi connectivity index (χ2v) is 8.50. The number of nitrogens with one attached hydrogen (secondary N) is 5. The number of rotatable bonds is 8. The number of aromatic amines is 2. The minimum atomic E-state index is -0.765. The first-order valence-electron chi connectivity index (χ1n) is 11.9. The molecule has 0 spiro atoms. The minimum Gasteiger partial charge on any atom is -0.497 e. The van der Waals surface area contributed by atoms with E-state index in [1.165, 1.54) is 6.20 Å². The van der Waals surface area contributed by atoms with Gasteiger partial charge in [-0.3, -0.25) is 4.79 Å². The number of H-pyrrole nitrogens is 2. The molecule has 0 fully saturated rings. The lowest BCUT2D eigenvalue weighted by atomic mass is 10.1. The molecule has 6 N–H and O–H groups in total. The quantitative estimate of drug-likeness (QED) is 0.178. The fourth-order valence-electron chi connectivity index (χ4n) is 4.07. The van der Waals surface area contributed by atoms with E-state index >= 15 is 0 Å². The van der Waals surface area contributed by atoms with E-state index in [2.05, 4.69) is 30.9 Å². The highest BCUT2D eigenvalue weighted by molar-refractivity contribution is 6.05. The second-order valence-electron chi connectivity index (χ2n) is 8.50. The molecule has 3 aromatic carbocycles. The summed E-state index contributed by atoms with van der Waals surface area (Å²) in [6.07, 6.45) is 0.765. The first-order chi connectivity index (χ1) is 18.5. The van der Waals surface area contributed by atoms with Gasteiger partial charge in [0, 0.05) is 18.4 Å². The molecule has 0 saturated heterocycles. The van der Waals surface area contributed by atoms with Gasteiger partial charge in [-0.05, 0) is 48.0 Å². The van der Waals surface area contributed by atoms with Gasteiger partial charge in [-0.1, -0.05) is 36.4 Å². The van der Waals surface area contributed by atoms with Crippen molar-refractivity contribution in [3.63, 3.8) is 0 Å². The van der Waals surface area contributed by atoms with Crippen molar-refractivity contribution < 1.29 is 14.6 Å². The molecular weight excluding hydrogens is 484 g/mol. The van der Waals surface area contributed by atoms with Crippen molar-refractivity contribution in [1.29, 1.82) is 0 Å². The predicted octanol–water partition coefficient (Wildman–Crippen LogP) is 4.72. The Bertz CT molecular complexity index is 1610. The Labute approximate surface area is 217 Å². The number of anilines is 3. The largest absolute Gasteiger partial charge is 0.497 e. The summed E-state index contributed by atoms with van der Waals surface area (Å²) in [5.41, 5.74) is 3.44. The average Bonchev–Trinajstić information content (AvgIpc) is 3.37. The summed E-state index contributed by atoms with van der Waals surface area (Å²) >= 11 is 0. The van der Waals surface area contributed by atoms with E-state index in [1.807, 2.05) is 30.3 Å². The number of para-hydroxylation sites is 1. The molecule has 2 amide bonds. The standard InChI is InChI=1S/C28H26N6O4/c1-38-19-12-10-18(11-13-19)31-28(37)33-22-9-5-8-21-25(22)34-26(32-21)24-20(14-15-29-27(24)36)30-16-23(35)17-6-3-2-4-7-17/h2-15,23,35H,16H2,1H3,(H,32,34)(H2,29,30,36)(H2,31,33,37)/t23-/m1/s1. The van der Waals surface area contributed by atoms with Crippen molar-refractivity contribution in [2.24, 2.45) is 0 Å². The number of hydrogen-bond donors (Lipinski definition) is 6. The Hall–Kier alpha value is -5.09. The molecule has 38 heavy (non-hydrogen) atoms. The normalized spacial score (nSPS) is 11.6. The fraction of sp³-hybridized carbons (Fsp3) is 0.107. The lowest BCUT2D eigenvalue weighted by Gasteiger charge is -2.14. The van der Waals surface area contributed by atoms with Crippen molar-refractivity contribution >= 4 is 34.1 Å². The summed E-state index contributed by atoms with van der Waals surface area (Å²) in [4.78, 5) is 35.9. The highest BCUT2D eigenvalue weighted by Gasteiger charge is 2.17. The van der Waals surface area contributed by atoms with Crippen molar-refractivity contribution in [2.45, 2.75) is 6.10 Å². The SMILES string of the molecule is COc1ccc(NC(=O)Nc2cccc3nc(-c4c(NC[C@@H](O)c5ccccc5)cc[nH]c4=O)[nH]c23)cc1. The second kappa shape index (κ2) is 10.9. The topological polar surface area (TPSA) is 144 Å². The number of aliphatic hydroxyl groups is 1. The Kier molecular flexibility index (Phi) is 7.05. The van der Waals surface area contributed by atoms with Crippen LogP contribution in [0.25, 0.3) is 22.4 Å². The van der Waals surface area contributed by atoms with Crippen molar-refractivity contribution in [3.05, 3.63) is 101 Å². The highest BCUT2D eigenvalue weighted by Crippen LogP contribution is 2.28. The number of benzene rings is 3. The van der Waals surface area contributed by atoms with Crippen LogP contribution in [-0.2, 0) is 0 Å². The molecule has 192 valence electrons. The molecule has 2 heterocycles. The number of nitrogens with zero attached hydrogens (tertiary/aromatic N) is 1. The molecule has 0 unspecified atom stereocenters. The summed E-state index contributed by atoms with van der Waals surface area (Å²) in [7, 11) is 1.57. The van der Waals surface area contributed by atoms with Crippen LogP contribution >= 0.6 is 0 Å². The van der Waals surface area contributed by atoms with Gasteiger partial charge in [0.25, 0.3) is 5.56 Å². The zero-order valence-electron chi connectivity index (χ0n) is 20.5. The van der Waals surface area contributed by atoms with Crippen LogP contribution in [0, 0.1) is 0 Å². The van der Waals surface area contributed by atoms with Gasteiger partial charge in [0.15, 0.2) is 0 Å². The number of imidazole rings is 1. The molecule has 0 bridgehead atoms. The van der Waals surface area contributed by atoms with E-state index in [1.54, 1.807) is 55.6 Å². The Morgan fingerprint density at radius 1 is 0.974 bits per heavy atom. The van der Waals surface area contributed by atoms with E-state index < -0.39 is 12.1 Å². The molecule has 10 nitrogen and oxygen atoms in total.